The maximum atomic E-state index is 13.6. The molecule has 4 aromatic carbocycles. The van der Waals surface area contributed by atoms with Gasteiger partial charge in [-0.2, -0.15) is 0 Å². The topological polar surface area (TPSA) is 68.3 Å². The van der Waals surface area contributed by atoms with Gasteiger partial charge < -0.3 is 0 Å². The first-order valence-corrected chi connectivity index (χ1v) is 18.4. The Balaban J connectivity index is 1.77. The maximum Gasteiger partial charge on any atom is 0.183 e. The highest BCUT2D eigenvalue weighted by Gasteiger charge is 2.45. The zero-order valence-electron chi connectivity index (χ0n) is 30.1. The van der Waals surface area contributed by atoms with Crippen LogP contribution in [0.25, 0.3) is 11.1 Å². The average molecular weight is 765 g/mol. The summed E-state index contributed by atoms with van der Waals surface area (Å²) in [5, 5.41) is 0. The molecule has 0 atom stereocenters. The number of rotatable bonds is 12. The van der Waals surface area contributed by atoms with Crippen LogP contribution in [0.5, 0.6) is 0 Å². The van der Waals surface area contributed by atoms with Crippen LogP contribution in [0.15, 0.2) is 84.9 Å². The van der Waals surface area contributed by atoms with Crippen molar-refractivity contribution in [1.82, 2.24) is 0 Å². The zero-order valence-corrected chi connectivity index (χ0v) is 33.2. The number of Topliss-reactive ketones (excluding diaryl/α,β-unsaturated/α-hetero) is 4. The molecule has 0 fully saturated rings. The van der Waals surface area contributed by atoms with Crippen molar-refractivity contribution in [3.8, 4) is 11.1 Å². The monoisotopic (exact) mass is 762 g/mol. The van der Waals surface area contributed by atoms with Crippen LogP contribution in [0.4, 0.5) is 0 Å². The Labute approximate surface area is 320 Å². The summed E-state index contributed by atoms with van der Waals surface area (Å²) in [5.74, 6) is -0.796. The molecule has 0 saturated heterocycles. The van der Waals surface area contributed by atoms with Gasteiger partial charge in [0.1, 0.15) is 19.5 Å². The molecule has 0 radical (unpaired) electrons. The first-order valence-electron chi connectivity index (χ1n) is 16.9. The molecule has 0 heterocycles. The van der Waals surface area contributed by atoms with Crippen LogP contribution in [-0.2, 0) is 18.3 Å². The fraction of sp³-hybridized carbons (Fsp3) is 0.349. The minimum atomic E-state index is -1.13. The summed E-state index contributed by atoms with van der Waals surface area (Å²) in [4.78, 5) is 48.8. The third kappa shape index (κ3) is 7.90. The molecule has 4 aromatic rings. The number of halogens is 4. The molecule has 0 spiro atoms. The lowest BCUT2D eigenvalue weighted by Crippen LogP contribution is -2.33. The molecule has 0 aliphatic heterocycles. The quantitative estimate of drug-likeness (QED) is 0.106. The van der Waals surface area contributed by atoms with Gasteiger partial charge in [0.25, 0.3) is 0 Å². The van der Waals surface area contributed by atoms with E-state index >= 15 is 0 Å². The van der Waals surface area contributed by atoms with Gasteiger partial charge in [0.05, 0.1) is 0 Å². The summed E-state index contributed by atoms with van der Waals surface area (Å²) in [6, 6.07) is 26.2. The van der Waals surface area contributed by atoms with Gasteiger partial charge >= 0.3 is 0 Å². The van der Waals surface area contributed by atoms with E-state index in [1.54, 1.807) is 91.8 Å². The molecule has 8 heteroatoms. The normalized spacial score (nSPS) is 14.1. The van der Waals surface area contributed by atoms with Crippen LogP contribution in [0.1, 0.15) is 119 Å². The van der Waals surface area contributed by atoms with Crippen molar-refractivity contribution in [2.24, 2.45) is 0 Å². The Morgan fingerprint density at radius 2 is 0.686 bits per heavy atom. The standard InChI is InChI=1S/C43H42Cl4O4/c1-39(2,44)35(48)27-13-9-25(10-14-27)23-43(24-26-11-15-28(16-12-26)36(49)40(3,4)45)33-21-29(37(50)41(5,6)46)17-19-31(33)32-20-18-30(22-34(32)43)38(51)42(7,8)47/h9-22H,23-24H2,1-8H3. The zero-order chi connectivity index (χ0) is 37.9. The molecule has 0 N–H and O–H groups in total. The van der Waals surface area contributed by atoms with Gasteiger partial charge in [0.2, 0.25) is 0 Å². The van der Waals surface area contributed by atoms with Gasteiger partial charge in [-0.1, -0.05) is 72.8 Å². The molecular formula is C43H42Cl4O4. The predicted octanol–water partition coefficient (Wildman–Crippen LogP) is 11.2. The highest BCUT2D eigenvalue weighted by Crippen LogP contribution is 2.53. The van der Waals surface area contributed by atoms with Gasteiger partial charge in [-0.15, -0.1) is 46.4 Å². The molecule has 1 aliphatic rings. The van der Waals surface area contributed by atoms with Crippen molar-refractivity contribution in [1.29, 1.82) is 0 Å². The second-order valence-electron chi connectivity index (χ2n) is 15.6. The summed E-state index contributed by atoms with van der Waals surface area (Å²) < 4.78 is 0. The van der Waals surface area contributed by atoms with Crippen LogP contribution in [0, 0.1) is 0 Å². The van der Waals surface area contributed by atoms with Crippen molar-refractivity contribution in [3.63, 3.8) is 0 Å². The first-order chi connectivity index (χ1) is 23.4. The number of carbonyl (C=O) groups excluding carboxylic acids is 4. The van der Waals surface area contributed by atoms with Crippen LogP contribution < -0.4 is 0 Å². The molecule has 51 heavy (non-hydrogen) atoms. The Morgan fingerprint density at radius 3 is 0.961 bits per heavy atom. The third-order valence-corrected chi connectivity index (χ3v) is 10.2. The Bertz CT molecular complexity index is 1880. The number of ketones is 4. The minimum absolute atomic E-state index is 0.185. The van der Waals surface area contributed by atoms with E-state index < -0.39 is 24.9 Å². The Hall–Kier alpha value is -3.28. The average Bonchev–Trinajstić information content (AvgIpc) is 3.30. The van der Waals surface area contributed by atoms with Gasteiger partial charge in [-0.05, 0) is 114 Å². The van der Waals surface area contributed by atoms with Crippen molar-refractivity contribution < 1.29 is 19.2 Å². The largest absolute Gasteiger partial charge is 0.292 e. The van der Waals surface area contributed by atoms with E-state index in [1.165, 1.54) is 0 Å². The molecule has 0 unspecified atom stereocenters. The summed E-state index contributed by atoms with van der Waals surface area (Å²) in [5.41, 5.74) is 6.67. The number of hydrogen-bond acceptors (Lipinski definition) is 4. The smallest absolute Gasteiger partial charge is 0.183 e. The van der Waals surface area contributed by atoms with E-state index in [0.717, 1.165) is 33.4 Å². The maximum absolute atomic E-state index is 13.6. The van der Waals surface area contributed by atoms with Crippen molar-refractivity contribution in [2.45, 2.75) is 93.1 Å². The Kier molecular flexibility index (Phi) is 10.4. The lowest BCUT2D eigenvalue weighted by Gasteiger charge is -2.34. The van der Waals surface area contributed by atoms with Crippen LogP contribution in [0.3, 0.4) is 0 Å². The fourth-order valence-electron chi connectivity index (χ4n) is 6.84. The van der Waals surface area contributed by atoms with Crippen molar-refractivity contribution >= 4 is 69.5 Å². The lowest BCUT2D eigenvalue weighted by atomic mass is 9.68. The van der Waals surface area contributed by atoms with E-state index in [0.29, 0.717) is 35.1 Å². The second-order valence-corrected chi connectivity index (χ2v) is 19.3. The number of hydrogen-bond donors (Lipinski definition) is 0. The number of carbonyl (C=O) groups is 4. The van der Waals surface area contributed by atoms with Gasteiger partial charge in [0, 0.05) is 27.7 Å². The molecule has 0 bridgehead atoms. The molecule has 5 rings (SSSR count). The Morgan fingerprint density at radius 1 is 0.431 bits per heavy atom. The van der Waals surface area contributed by atoms with Gasteiger partial charge in [0.15, 0.2) is 23.1 Å². The van der Waals surface area contributed by atoms with Crippen molar-refractivity contribution in [2.75, 3.05) is 0 Å². The van der Waals surface area contributed by atoms with E-state index in [9.17, 15) is 19.2 Å². The molecule has 0 saturated carbocycles. The van der Waals surface area contributed by atoms with E-state index in [1.807, 2.05) is 48.5 Å². The highest BCUT2D eigenvalue weighted by molar-refractivity contribution is 6.39. The molecule has 0 aromatic heterocycles. The number of alkyl halides is 4. The molecule has 4 nitrogen and oxygen atoms in total. The van der Waals surface area contributed by atoms with E-state index in [2.05, 4.69) is 0 Å². The fourth-order valence-corrected chi connectivity index (χ4v) is 7.28. The minimum Gasteiger partial charge on any atom is -0.292 e. The molecule has 266 valence electrons. The summed E-state index contributed by atoms with van der Waals surface area (Å²) in [6.45, 7) is 13.4. The molecular weight excluding hydrogens is 722 g/mol. The molecule has 0 amide bonds. The predicted molar refractivity (Wildman–Crippen MR) is 210 cm³/mol. The van der Waals surface area contributed by atoms with E-state index in [-0.39, 0.29) is 23.1 Å². The van der Waals surface area contributed by atoms with Crippen LogP contribution >= 0.6 is 46.4 Å². The van der Waals surface area contributed by atoms with Crippen LogP contribution in [0.2, 0.25) is 0 Å². The van der Waals surface area contributed by atoms with Crippen LogP contribution in [-0.4, -0.2) is 42.6 Å². The summed E-state index contributed by atoms with van der Waals surface area (Å²) in [7, 11) is 0. The highest BCUT2D eigenvalue weighted by atomic mass is 35.5. The third-order valence-electron chi connectivity index (χ3n) is 9.49. The van der Waals surface area contributed by atoms with Crippen molar-refractivity contribution in [3.05, 3.63) is 129 Å². The van der Waals surface area contributed by atoms with Gasteiger partial charge in [-0.25, -0.2) is 0 Å². The summed E-state index contributed by atoms with van der Waals surface area (Å²) in [6.07, 6.45) is 0.899. The second kappa shape index (κ2) is 13.6. The number of benzene rings is 4. The van der Waals surface area contributed by atoms with Gasteiger partial charge in [-0.3, -0.25) is 19.2 Å². The SMILES string of the molecule is CC(C)(Cl)C(=O)c1ccc(CC2(Cc3ccc(C(=O)C(C)(C)Cl)cc3)c3cc(C(=O)C(C)(C)Cl)ccc3-c3ccc(C(=O)C(C)(C)Cl)cc32)cc1. The number of fused-ring (bicyclic) bond motifs is 3. The summed E-state index contributed by atoms with van der Waals surface area (Å²) >= 11 is 25.9. The first kappa shape index (κ1) is 38.9. The molecule has 1 aliphatic carbocycles. The van der Waals surface area contributed by atoms with E-state index in [4.69, 9.17) is 46.4 Å². The lowest BCUT2D eigenvalue weighted by molar-refractivity contribution is 0.0947.